The SMILES string of the molecule is CCN(C(=O)c1cnc(C)cn1)C1CNC1. The molecule has 1 aromatic heterocycles. The largest absolute Gasteiger partial charge is 0.332 e. The minimum atomic E-state index is -0.0264. The molecule has 0 atom stereocenters. The van der Waals surface area contributed by atoms with Crippen LogP contribution in [0.25, 0.3) is 0 Å². The lowest BCUT2D eigenvalue weighted by Gasteiger charge is -2.37. The zero-order valence-corrected chi connectivity index (χ0v) is 9.60. The van der Waals surface area contributed by atoms with E-state index in [1.165, 1.54) is 0 Å². The van der Waals surface area contributed by atoms with E-state index in [1.807, 2.05) is 18.7 Å². The molecule has 0 spiro atoms. The van der Waals surface area contributed by atoms with Crippen LogP contribution in [0.4, 0.5) is 0 Å². The van der Waals surface area contributed by atoms with Crippen molar-refractivity contribution in [3.05, 3.63) is 23.8 Å². The summed E-state index contributed by atoms with van der Waals surface area (Å²) in [4.78, 5) is 22.2. The second-order valence-corrected chi connectivity index (χ2v) is 3.95. The maximum Gasteiger partial charge on any atom is 0.274 e. The summed E-state index contributed by atoms with van der Waals surface area (Å²) in [6.07, 6.45) is 3.17. The Morgan fingerprint density at radius 1 is 1.50 bits per heavy atom. The van der Waals surface area contributed by atoms with Crippen molar-refractivity contribution < 1.29 is 4.79 Å². The van der Waals surface area contributed by atoms with Gasteiger partial charge in [-0.25, -0.2) is 4.98 Å². The highest BCUT2D eigenvalue weighted by atomic mass is 16.2. The number of nitrogens with zero attached hydrogens (tertiary/aromatic N) is 3. The molecule has 1 fully saturated rings. The molecule has 5 nitrogen and oxygen atoms in total. The van der Waals surface area contributed by atoms with E-state index in [4.69, 9.17) is 0 Å². The topological polar surface area (TPSA) is 58.1 Å². The first kappa shape index (κ1) is 11.0. The molecular weight excluding hydrogens is 204 g/mol. The molecule has 1 amide bonds. The Balaban J connectivity index is 2.12. The normalized spacial score (nSPS) is 15.6. The van der Waals surface area contributed by atoms with Crippen LogP contribution in [0.5, 0.6) is 0 Å². The van der Waals surface area contributed by atoms with Gasteiger partial charge in [0.15, 0.2) is 0 Å². The first-order chi connectivity index (χ1) is 7.72. The molecule has 86 valence electrons. The van der Waals surface area contributed by atoms with E-state index in [9.17, 15) is 4.79 Å². The molecular formula is C11H16N4O. The van der Waals surface area contributed by atoms with Gasteiger partial charge in [0.2, 0.25) is 0 Å². The Bertz CT molecular complexity index is 372. The van der Waals surface area contributed by atoms with Gasteiger partial charge in [-0.05, 0) is 13.8 Å². The van der Waals surface area contributed by atoms with E-state index in [0.717, 1.165) is 18.8 Å². The van der Waals surface area contributed by atoms with Gasteiger partial charge in [0.25, 0.3) is 5.91 Å². The van der Waals surface area contributed by atoms with Gasteiger partial charge >= 0.3 is 0 Å². The predicted molar refractivity (Wildman–Crippen MR) is 60.1 cm³/mol. The Kier molecular flexibility index (Phi) is 3.14. The molecule has 0 bridgehead atoms. The average molecular weight is 220 g/mol. The molecule has 0 saturated carbocycles. The van der Waals surface area contributed by atoms with E-state index >= 15 is 0 Å². The minimum absolute atomic E-state index is 0.0264. The summed E-state index contributed by atoms with van der Waals surface area (Å²) in [6.45, 7) is 6.30. The van der Waals surface area contributed by atoms with Gasteiger partial charge in [0.1, 0.15) is 5.69 Å². The lowest BCUT2D eigenvalue weighted by atomic mass is 10.1. The molecule has 2 heterocycles. The highest BCUT2D eigenvalue weighted by molar-refractivity contribution is 5.92. The smallest absolute Gasteiger partial charge is 0.274 e. The average Bonchev–Trinajstić information content (AvgIpc) is 2.23. The number of hydrogen-bond acceptors (Lipinski definition) is 4. The van der Waals surface area contributed by atoms with Crippen LogP contribution >= 0.6 is 0 Å². The van der Waals surface area contributed by atoms with Crippen LogP contribution in [0.1, 0.15) is 23.1 Å². The van der Waals surface area contributed by atoms with Crippen molar-refractivity contribution in [2.75, 3.05) is 19.6 Å². The van der Waals surface area contributed by atoms with Crippen LogP contribution in [0.15, 0.2) is 12.4 Å². The van der Waals surface area contributed by atoms with Crippen LogP contribution < -0.4 is 5.32 Å². The number of hydrogen-bond donors (Lipinski definition) is 1. The second kappa shape index (κ2) is 4.57. The van der Waals surface area contributed by atoms with Gasteiger partial charge in [-0.1, -0.05) is 0 Å². The first-order valence-electron chi connectivity index (χ1n) is 5.52. The van der Waals surface area contributed by atoms with Gasteiger partial charge in [-0.3, -0.25) is 9.78 Å². The van der Waals surface area contributed by atoms with Gasteiger partial charge in [-0.15, -0.1) is 0 Å². The van der Waals surface area contributed by atoms with Crippen LogP contribution in [0.3, 0.4) is 0 Å². The molecule has 1 aromatic rings. The minimum Gasteiger partial charge on any atom is -0.332 e. The van der Waals surface area contributed by atoms with Crippen molar-refractivity contribution in [3.8, 4) is 0 Å². The Hall–Kier alpha value is -1.49. The van der Waals surface area contributed by atoms with Crippen LogP contribution in [0.2, 0.25) is 0 Å². The Labute approximate surface area is 94.9 Å². The highest BCUT2D eigenvalue weighted by Gasteiger charge is 2.28. The van der Waals surface area contributed by atoms with Crippen molar-refractivity contribution in [1.29, 1.82) is 0 Å². The summed E-state index contributed by atoms with van der Waals surface area (Å²) in [6, 6.07) is 0.306. The molecule has 1 aliphatic rings. The van der Waals surface area contributed by atoms with Crippen molar-refractivity contribution in [2.45, 2.75) is 19.9 Å². The highest BCUT2D eigenvalue weighted by Crippen LogP contribution is 2.09. The number of carbonyl (C=O) groups is 1. The third-order valence-electron chi connectivity index (χ3n) is 2.80. The molecule has 0 aliphatic carbocycles. The van der Waals surface area contributed by atoms with Crippen LogP contribution in [0, 0.1) is 6.92 Å². The molecule has 5 heteroatoms. The Morgan fingerprint density at radius 2 is 2.25 bits per heavy atom. The quantitative estimate of drug-likeness (QED) is 0.791. The third-order valence-corrected chi connectivity index (χ3v) is 2.80. The number of nitrogens with one attached hydrogen (secondary N) is 1. The molecule has 16 heavy (non-hydrogen) atoms. The van der Waals surface area contributed by atoms with E-state index in [1.54, 1.807) is 12.4 Å². The summed E-state index contributed by atoms with van der Waals surface area (Å²) in [5, 5.41) is 3.16. The molecule has 0 aromatic carbocycles. The van der Waals surface area contributed by atoms with E-state index in [0.29, 0.717) is 18.3 Å². The van der Waals surface area contributed by atoms with E-state index in [2.05, 4.69) is 15.3 Å². The molecule has 0 unspecified atom stereocenters. The van der Waals surface area contributed by atoms with Gasteiger partial charge in [0, 0.05) is 25.8 Å². The predicted octanol–water partition coefficient (Wildman–Crippen LogP) is 0.219. The maximum atomic E-state index is 12.1. The van der Waals surface area contributed by atoms with Gasteiger partial charge in [0.05, 0.1) is 17.9 Å². The Morgan fingerprint density at radius 3 is 2.69 bits per heavy atom. The fourth-order valence-electron chi connectivity index (χ4n) is 1.71. The van der Waals surface area contributed by atoms with Crippen LogP contribution in [-0.4, -0.2) is 46.5 Å². The summed E-state index contributed by atoms with van der Waals surface area (Å²) in [5.74, 6) is -0.0264. The number of aryl methyl sites for hydroxylation is 1. The number of rotatable bonds is 3. The van der Waals surface area contributed by atoms with Gasteiger partial charge in [-0.2, -0.15) is 0 Å². The van der Waals surface area contributed by atoms with Crippen molar-refractivity contribution >= 4 is 5.91 Å². The molecule has 0 radical (unpaired) electrons. The lowest BCUT2D eigenvalue weighted by Crippen LogP contribution is -2.58. The third kappa shape index (κ3) is 2.04. The first-order valence-corrected chi connectivity index (χ1v) is 5.52. The fourth-order valence-corrected chi connectivity index (χ4v) is 1.71. The summed E-state index contributed by atoms with van der Waals surface area (Å²) < 4.78 is 0. The lowest BCUT2D eigenvalue weighted by molar-refractivity contribution is 0.0623. The zero-order chi connectivity index (χ0) is 11.5. The summed E-state index contributed by atoms with van der Waals surface area (Å²) in [7, 11) is 0. The molecule has 2 rings (SSSR count). The van der Waals surface area contributed by atoms with Gasteiger partial charge < -0.3 is 10.2 Å². The van der Waals surface area contributed by atoms with Crippen molar-refractivity contribution in [1.82, 2.24) is 20.2 Å². The monoisotopic (exact) mass is 220 g/mol. The van der Waals surface area contributed by atoms with Crippen molar-refractivity contribution in [2.24, 2.45) is 0 Å². The van der Waals surface area contributed by atoms with E-state index < -0.39 is 0 Å². The van der Waals surface area contributed by atoms with Crippen molar-refractivity contribution in [3.63, 3.8) is 0 Å². The fraction of sp³-hybridized carbons (Fsp3) is 0.545. The molecule has 1 aliphatic heterocycles. The summed E-state index contributed by atoms with van der Waals surface area (Å²) in [5.41, 5.74) is 1.25. The number of amides is 1. The number of carbonyl (C=O) groups excluding carboxylic acids is 1. The standard InChI is InChI=1S/C11H16N4O/c1-3-15(9-5-12-6-9)11(16)10-7-13-8(2)4-14-10/h4,7,9,12H,3,5-6H2,1-2H3. The van der Waals surface area contributed by atoms with Crippen LogP contribution in [-0.2, 0) is 0 Å². The molecule has 1 N–H and O–H groups in total. The second-order valence-electron chi connectivity index (χ2n) is 3.95. The zero-order valence-electron chi connectivity index (χ0n) is 9.60. The number of likely N-dealkylation sites (N-methyl/N-ethyl adjacent to an activating group) is 1. The maximum absolute atomic E-state index is 12.1. The van der Waals surface area contributed by atoms with E-state index in [-0.39, 0.29) is 5.91 Å². The number of aromatic nitrogens is 2. The molecule has 1 saturated heterocycles. The summed E-state index contributed by atoms with van der Waals surface area (Å²) >= 11 is 0.